The molecule has 4 N–H and O–H groups in total. The molecule has 14 bridgehead atoms. The molecule has 6 fully saturated rings. The molecule has 16 heterocycles. The fourth-order valence-electron chi connectivity index (χ4n) is 18.6. The van der Waals surface area contributed by atoms with E-state index in [0.717, 1.165) is 0 Å². The van der Waals surface area contributed by atoms with E-state index >= 15 is 0 Å². The van der Waals surface area contributed by atoms with Crippen LogP contribution in [0.15, 0.2) is 209 Å². The molecule has 4 amide bonds. The number of hydrogen-bond acceptors (Lipinski definition) is 30. The summed E-state index contributed by atoms with van der Waals surface area (Å²) >= 11 is 25.4. The lowest BCUT2D eigenvalue weighted by Gasteiger charge is -2.41. The van der Waals surface area contributed by atoms with E-state index in [1.54, 1.807) is 95.8 Å². The average molecular weight is 2170 g/mol. The lowest BCUT2D eigenvalue weighted by atomic mass is 10.00. The molecule has 38 nitrogen and oxygen atoms in total. The van der Waals surface area contributed by atoms with Crippen LogP contribution in [-0.2, 0) is 93.1 Å². The molecule has 0 aliphatic carbocycles. The number of aromatic nitrogens is 16. The van der Waals surface area contributed by atoms with Crippen LogP contribution in [0.2, 0.25) is 36.3 Å². The maximum Gasteiger partial charge on any atom is 0.259 e. The van der Waals surface area contributed by atoms with E-state index in [9.17, 15) is 19.2 Å². The zero-order valence-electron chi connectivity index (χ0n) is 82.9. The minimum atomic E-state index is -2.88. The lowest BCUT2D eigenvalue weighted by Crippen LogP contribution is -2.52. The Bertz CT molecular complexity index is 7060. The quantitative estimate of drug-likeness (QED) is 0.0396. The van der Waals surface area contributed by atoms with Crippen molar-refractivity contribution in [3.63, 3.8) is 0 Å². The molecule has 8 aromatic heterocycles. The molecule has 6 saturated heterocycles. The number of anilines is 4. The van der Waals surface area contributed by atoms with Gasteiger partial charge < -0.3 is 45.9 Å². The maximum atomic E-state index is 14.7. The van der Waals surface area contributed by atoms with Gasteiger partial charge in [0.15, 0.2) is 97.0 Å². The Morgan fingerprint density at radius 1 is 0.411 bits per heavy atom. The summed E-state index contributed by atoms with van der Waals surface area (Å²) in [6, 6.07) is 34.2. The Balaban J connectivity index is 0.000000206. The van der Waals surface area contributed by atoms with Gasteiger partial charge in [-0.3, -0.25) is 77.4 Å². The van der Waals surface area contributed by atoms with E-state index in [1.165, 1.54) is 35.1 Å². The molecule has 776 valence electrons. The van der Waals surface area contributed by atoms with Gasteiger partial charge in [0.05, 0.1) is 76.0 Å². The van der Waals surface area contributed by atoms with E-state index in [4.69, 9.17) is 133 Å². The molecule has 146 heavy (non-hydrogen) atoms. The molecule has 8 aliphatic rings. The molecule has 4 unspecified atom stereocenters. The number of nitrogens with one attached hydrogen (secondary N) is 4. The molecular formula is C98H128N24O14P4S4Si2. The van der Waals surface area contributed by atoms with Crippen LogP contribution in [0, 0.1) is 11.8 Å². The molecule has 8 aliphatic heterocycles. The fraction of sp³-hybridized carbons (Fsp3) is 0.449. The lowest BCUT2D eigenvalue weighted by molar-refractivity contribution is -0.0426. The summed E-state index contributed by atoms with van der Waals surface area (Å²) < 4.78 is 77.5. The Morgan fingerprint density at radius 2 is 0.685 bits per heavy atom. The number of carbonyl (C=O) groups is 4. The Kier molecular flexibility index (Phi) is 32.9. The van der Waals surface area contributed by atoms with Gasteiger partial charge in [-0.25, -0.2) is 59.8 Å². The molecule has 12 aromatic rings. The number of hydrogen-bond donors (Lipinski definition) is 4. The van der Waals surface area contributed by atoms with E-state index in [2.05, 4.69) is 135 Å². The predicted molar refractivity (Wildman–Crippen MR) is 587 cm³/mol. The van der Waals surface area contributed by atoms with Gasteiger partial charge in [0, 0.05) is 99.0 Å². The zero-order chi connectivity index (χ0) is 102. The molecule has 4 aromatic carbocycles. The first-order valence-electron chi connectivity index (χ1n) is 47.5. The Labute approximate surface area is 873 Å². The van der Waals surface area contributed by atoms with Crippen LogP contribution < -0.4 is 39.9 Å². The van der Waals surface area contributed by atoms with Gasteiger partial charge in [-0.2, -0.15) is 0 Å². The van der Waals surface area contributed by atoms with Gasteiger partial charge in [0.25, 0.3) is 23.6 Å². The number of amides is 4. The van der Waals surface area contributed by atoms with Crippen molar-refractivity contribution in [3.05, 3.63) is 232 Å². The monoisotopic (exact) mass is 2170 g/mol. The van der Waals surface area contributed by atoms with Gasteiger partial charge in [-0.05, 0) is 84.8 Å². The standard InChI is InChI=1S/C49H62N12O7P2S2Si.C47H58N12O7P2S2Si.2CH4/c1-11-23-58(45(62)32-19-15-13-16-20-32)41-38-43(52-27-50-41)60(29-54-38)47-31(3)36-34(66-47)25-64-70(8,72)57-37-35(26-65-69(7,71)56-36)67-48(40(37)68-73(9,10)49(4,5)6)61-30-55-39-42(51-28-53-44(39)61)59(24-12-2)46(63)33-21-17-14-18-22-33;1-29-34-32-23-62-68(6,70)55-35-33(24-63-67(5,69)54-34)65-46(38(35)66-71(7,8)47(2,3)4)59-28-53-37-40(49-26-51-42(37)59)57(44(61)31-19-13-10-14-20-31)22-16-15-21-56(43(60)30-17-11-9-12-18-30)39-36-41(50-25-48-39)58(27-52-36)45(29)64-32;;/h11-22,27-31,34-37,40,47-48H,1-2,23-26H2,3-10H3,(H,56,71)(H,57,72);9-20,25-29,32-35,38,45-46H,21-24H2,1-8H3,(H,54,69)(H,55,70);2*1H4/b;16-15+;;/t31-,34-,35-,36+,37-,40-,47-,48-,69?,70?;29-,32-,33-,34+,35-,38-,45-,46-,67?,68?;;/m11../s1. The van der Waals surface area contributed by atoms with E-state index in [-0.39, 0.29) is 131 Å². The van der Waals surface area contributed by atoms with Crippen molar-refractivity contribution in [3.8, 4) is 0 Å². The summed E-state index contributed by atoms with van der Waals surface area (Å²) in [6.45, 7) is 42.5. The minimum absolute atomic E-state index is 0. The van der Waals surface area contributed by atoms with Crippen molar-refractivity contribution in [2.45, 2.75) is 192 Å². The first-order chi connectivity index (χ1) is 68.5. The van der Waals surface area contributed by atoms with Crippen LogP contribution in [0.1, 0.15) is 137 Å². The number of ether oxygens (including phenoxy) is 4. The topological polar surface area (TPSA) is 396 Å². The van der Waals surface area contributed by atoms with Gasteiger partial charge in [-0.1, -0.05) is 215 Å². The minimum Gasteiger partial charge on any atom is -0.408 e. The SMILES string of the molecule is C.C.C=CCN(C(=O)c1ccccc1)c1ncnc2c1ncn2[C@@H]1O[C@@H]2COP(C)(=S)N[C@H]3[C@@H](O[Si](C)(C)C(C)(C)C)[C@H](n4cnc5c(N(CC=C)C(=O)c6ccccc6)ncnc54)O[C@@H]3COP(C)(=S)N[C@H]2[C@H]1C.C[C@@H]1[C@@H]2NP(C)(=S)OC[C@H]3O[C@@H]4[C@H](O[Si](C)(C)C(C)(C)C)[C@@H]3NP(C)(=S)OC[C@H]2O[C@H]1n1cnc2c(ncnc21)N(C(=O)c1ccccc1)C/C=C/CN(C(=O)c1ccccc1)c1ncnc2c1ncn24. The summed E-state index contributed by atoms with van der Waals surface area (Å²) in [6.07, 6.45) is 1.58. The van der Waals surface area contributed by atoms with Crippen molar-refractivity contribution >= 4 is 181 Å². The highest BCUT2D eigenvalue weighted by Crippen LogP contribution is 2.55. The Hall–Kier alpha value is -9.35. The second-order valence-corrected chi connectivity index (χ2v) is 66.8. The van der Waals surface area contributed by atoms with Crippen LogP contribution >= 0.6 is 25.7 Å². The highest BCUT2D eigenvalue weighted by molar-refractivity contribution is 8.12. The van der Waals surface area contributed by atoms with Crippen LogP contribution in [-0.4, -0.2) is 258 Å². The average Bonchev–Trinajstić information content (AvgIpc) is 1.59. The summed E-state index contributed by atoms with van der Waals surface area (Å²) in [7, 11) is -5.11. The van der Waals surface area contributed by atoms with Crippen molar-refractivity contribution < 1.29 is 65.1 Å². The fourth-order valence-corrected chi connectivity index (χ4v) is 29.0. The third-order valence-corrected chi connectivity index (χ3v) is 45.1. The summed E-state index contributed by atoms with van der Waals surface area (Å²) in [4.78, 5) is 120. The second-order valence-electron chi connectivity index (χ2n) is 40.1. The van der Waals surface area contributed by atoms with Crippen molar-refractivity contribution in [2.75, 3.05) is 98.9 Å². The number of carbonyl (C=O) groups excluding carboxylic acids is 4. The first kappa shape index (κ1) is 109. The van der Waals surface area contributed by atoms with E-state index in [0.29, 0.717) is 84.4 Å². The second kappa shape index (κ2) is 43.9. The highest BCUT2D eigenvalue weighted by atomic mass is 32.5. The number of fused-ring (bicyclic) bond motifs is 14. The molecule has 0 spiro atoms. The van der Waals surface area contributed by atoms with Gasteiger partial charge >= 0.3 is 0 Å². The summed E-state index contributed by atoms with van der Waals surface area (Å²) in [5.74, 6) is -0.327. The largest absolute Gasteiger partial charge is 0.408 e. The Morgan fingerprint density at radius 3 is 1.00 bits per heavy atom. The van der Waals surface area contributed by atoms with Crippen LogP contribution in [0.25, 0.3) is 44.7 Å². The zero-order valence-corrected chi connectivity index (χ0v) is 91.7. The number of nitrogens with zero attached hydrogens (tertiary/aromatic N) is 20. The smallest absolute Gasteiger partial charge is 0.259 e. The van der Waals surface area contributed by atoms with Crippen molar-refractivity contribution in [1.29, 1.82) is 0 Å². The van der Waals surface area contributed by atoms with Gasteiger partial charge in [0.1, 0.15) is 87.8 Å². The van der Waals surface area contributed by atoms with Crippen LogP contribution in [0.5, 0.6) is 0 Å². The predicted octanol–water partition coefficient (Wildman–Crippen LogP) is 16.5. The van der Waals surface area contributed by atoms with Crippen molar-refractivity contribution in [1.82, 2.24) is 98.4 Å². The first-order valence-corrected chi connectivity index (χ1v) is 66.0. The highest BCUT2D eigenvalue weighted by Gasteiger charge is 2.57. The third kappa shape index (κ3) is 22.4. The molecule has 20 atom stereocenters. The van der Waals surface area contributed by atoms with Crippen molar-refractivity contribution in [2.24, 2.45) is 11.8 Å². The maximum absolute atomic E-state index is 14.7. The molecule has 0 saturated carbocycles. The molecular weight excluding hydrogens is 2050 g/mol. The summed E-state index contributed by atoms with van der Waals surface area (Å²) in [5.41, 5.74) is 5.27. The number of imidazole rings is 4. The van der Waals surface area contributed by atoms with Crippen LogP contribution in [0.4, 0.5) is 23.3 Å². The van der Waals surface area contributed by atoms with E-state index < -0.39 is 116 Å². The normalized spacial score (nSPS) is 28.6. The van der Waals surface area contributed by atoms with Crippen LogP contribution in [0.3, 0.4) is 0 Å². The molecule has 48 heteroatoms. The molecule has 0 radical (unpaired) electrons. The third-order valence-electron chi connectivity index (χ3n) is 28.0. The number of rotatable bonds is 16. The number of benzene rings is 4. The van der Waals surface area contributed by atoms with Gasteiger partial charge in [-0.15, -0.1) is 13.2 Å². The van der Waals surface area contributed by atoms with E-state index in [1.807, 2.05) is 130 Å². The molecule has 20 rings (SSSR count). The van der Waals surface area contributed by atoms with Gasteiger partial charge in [0.2, 0.25) is 0 Å². The summed E-state index contributed by atoms with van der Waals surface area (Å²) in [5, 5.41) is 14.5.